The van der Waals surface area contributed by atoms with Crippen molar-refractivity contribution in [2.45, 2.75) is 0 Å². The Hall–Kier alpha value is -5.14. The quantitative estimate of drug-likeness (QED) is 0.217. The van der Waals surface area contributed by atoms with E-state index in [4.69, 9.17) is 4.74 Å². The van der Waals surface area contributed by atoms with Gasteiger partial charge in [0.1, 0.15) is 11.5 Å². The van der Waals surface area contributed by atoms with Crippen molar-refractivity contribution in [3.8, 4) is 44.9 Å². The van der Waals surface area contributed by atoms with E-state index < -0.39 is 0 Å². The number of hydrogen-bond donors (Lipinski definition) is 0. The van der Waals surface area contributed by atoms with E-state index in [9.17, 15) is 0 Å². The molecule has 1 nitrogen and oxygen atoms in total. The van der Waals surface area contributed by atoms with E-state index in [-0.39, 0.29) is 0 Å². The lowest BCUT2D eigenvalue weighted by atomic mass is 9.86. The Morgan fingerprint density at radius 1 is 0.333 bits per heavy atom. The Kier molecular flexibility index (Phi) is 4.11. The van der Waals surface area contributed by atoms with Crippen molar-refractivity contribution in [2.24, 2.45) is 0 Å². The number of ether oxygens (including phenoxy) is 1. The van der Waals surface area contributed by atoms with Gasteiger partial charge >= 0.3 is 0 Å². The Morgan fingerprint density at radius 3 is 1.85 bits per heavy atom. The summed E-state index contributed by atoms with van der Waals surface area (Å²) in [6.07, 6.45) is 0. The summed E-state index contributed by atoms with van der Waals surface area (Å²) in [5.74, 6) is 1.83. The maximum absolute atomic E-state index is 6.51. The molecule has 0 atom stereocenters. The summed E-state index contributed by atoms with van der Waals surface area (Å²) in [5, 5.41) is 10.2. The summed E-state index contributed by atoms with van der Waals surface area (Å²) in [6, 6.07) is 48.3. The van der Waals surface area contributed by atoms with Crippen molar-refractivity contribution in [2.75, 3.05) is 0 Å². The molecule has 39 heavy (non-hydrogen) atoms. The van der Waals surface area contributed by atoms with Crippen LogP contribution < -0.4 is 4.74 Å². The molecule has 0 amide bonds. The monoisotopic (exact) mass is 494 g/mol. The first-order chi connectivity index (χ1) is 19.3. The van der Waals surface area contributed by atoms with Gasteiger partial charge in [0.15, 0.2) is 0 Å². The van der Waals surface area contributed by atoms with Crippen LogP contribution in [0.25, 0.3) is 76.5 Å². The molecular weight excluding hydrogens is 472 g/mol. The minimum absolute atomic E-state index is 0.908. The van der Waals surface area contributed by atoms with Crippen LogP contribution >= 0.6 is 0 Å². The van der Waals surface area contributed by atoms with Crippen LogP contribution in [0.4, 0.5) is 0 Å². The Morgan fingerprint density at radius 2 is 1.00 bits per heavy atom. The zero-order valence-corrected chi connectivity index (χ0v) is 21.1. The first kappa shape index (κ1) is 20.9. The molecule has 8 aromatic rings. The molecule has 1 aliphatic heterocycles. The molecule has 8 aromatic carbocycles. The van der Waals surface area contributed by atoms with Crippen LogP contribution in [0.15, 0.2) is 133 Å². The molecule has 1 heteroatoms. The minimum Gasteiger partial charge on any atom is -0.456 e. The SMILES string of the molecule is c1ccc(-c2ccc3c(c2)-c2cccc4c(-c5ccc6ccc7cccc8ccc5c6c78)ccc(c24)O3)cc1. The maximum atomic E-state index is 6.51. The summed E-state index contributed by atoms with van der Waals surface area (Å²) in [6.45, 7) is 0. The molecule has 0 fully saturated rings. The predicted octanol–water partition coefficient (Wildman–Crippen LogP) is 10.8. The highest BCUT2D eigenvalue weighted by Crippen LogP contribution is 2.50. The molecule has 9 rings (SSSR count). The lowest BCUT2D eigenvalue weighted by Crippen LogP contribution is -1.98. The molecule has 0 spiro atoms. The lowest BCUT2D eigenvalue weighted by molar-refractivity contribution is 0.487. The van der Waals surface area contributed by atoms with Crippen molar-refractivity contribution in [1.82, 2.24) is 0 Å². The van der Waals surface area contributed by atoms with Gasteiger partial charge in [-0.05, 0) is 83.7 Å². The number of rotatable bonds is 2. The van der Waals surface area contributed by atoms with Crippen molar-refractivity contribution in [3.05, 3.63) is 133 Å². The molecular formula is C38H22O. The zero-order chi connectivity index (χ0) is 25.5. The summed E-state index contributed by atoms with van der Waals surface area (Å²) < 4.78 is 6.51. The molecule has 0 saturated carbocycles. The van der Waals surface area contributed by atoms with Crippen LogP contribution in [0.2, 0.25) is 0 Å². The van der Waals surface area contributed by atoms with Gasteiger partial charge in [0, 0.05) is 10.9 Å². The van der Waals surface area contributed by atoms with E-state index in [1.165, 1.54) is 70.9 Å². The highest BCUT2D eigenvalue weighted by atomic mass is 16.5. The second kappa shape index (κ2) is 7.69. The molecule has 0 radical (unpaired) electrons. The fourth-order valence-corrected chi connectivity index (χ4v) is 6.65. The van der Waals surface area contributed by atoms with E-state index >= 15 is 0 Å². The van der Waals surface area contributed by atoms with Gasteiger partial charge in [-0.2, -0.15) is 0 Å². The standard InChI is InChI=1S/C38H22O/c1-2-6-23(7-3-1)27-16-20-34-33(22-27)31-11-5-10-30-29(19-21-35(39-34)38(30)31)28-17-14-26-13-12-24-8-4-9-25-15-18-32(28)37(26)36(24)25/h1-22H. The van der Waals surface area contributed by atoms with Gasteiger partial charge in [0.2, 0.25) is 0 Å². The van der Waals surface area contributed by atoms with Crippen molar-refractivity contribution in [1.29, 1.82) is 0 Å². The van der Waals surface area contributed by atoms with Crippen LogP contribution in [-0.2, 0) is 0 Å². The summed E-state index contributed by atoms with van der Waals surface area (Å²) in [5.41, 5.74) is 7.26. The average molecular weight is 495 g/mol. The Bertz CT molecular complexity index is 2230. The largest absolute Gasteiger partial charge is 0.456 e. The van der Waals surface area contributed by atoms with E-state index in [1.807, 2.05) is 0 Å². The number of fused-ring (bicyclic) bond motifs is 2. The third kappa shape index (κ3) is 2.90. The van der Waals surface area contributed by atoms with Gasteiger partial charge in [-0.1, -0.05) is 115 Å². The van der Waals surface area contributed by atoms with Crippen LogP contribution in [-0.4, -0.2) is 0 Å². The average Bonchev–Trinajstić information content (AvgIpc) is 3.00. The number of hydrogen-bond acceptors (Lipinski definition) is 1. The fourth-order valence-electron chi connectivity index (χ4n) is 6.65. The molecule has 0 aromatic heterocycles. The zero-order valence-electron chi connectivity index (χ0n) is 21.1. The van der Waals surface area contributed by atoms with Crippen LogP contribution in [0.3, 0.4) is 0 Å². The van der Waals surface area contributed by atoms with Crippen LogP contribution in [0, 0.1) is 0 Å². The molecule has 0 unspecified atom stereocenters. The van der Waals surface area contributed by atoms with Crippen molar-refractivity contribution < 1.29 is 4.74 Å². The van der Waals surface area contributed by atoms with Crippen molar-refractivity contribution >= 4 is 43.1 Å². The lowest BCUT2D eigenvalue weighted by Gasteiger charge is -2.23. The second-order valence-electron chi connectivity index (χ2n) is 10.5. The van der Waals surface area contributed by atoms with Crippen molar-refractivity contribution in [3.63, 3.8) is 0 Å². The third-order valence-electron chi connectivity index (χ3n) is 8.42. The smallest absolute Gasteiger partial charge is 0.135 e. The molecule has 1 aliphatic rings. The third-order valence-corrected chi connectivity index (χ3v) is 8.42. The van der Waals surface area contributed by atoms with E-state index in [0.717, 1.165) is 17.1 Å². The summed E-state index contributed by atoms with van der Waals surface area (Å²) >= 11 is 0. The summed E-state index contributed by atoms with van der Waals surface area (Å²) in [7, 11) is 0. The molecule has 0 N–H and O–H groups in total. The van der Waals surface area contributed by atoms with E-state index in [1.54, 1.807) is 0 Å². The minimum atomic E-state index is 0.908. The van der Waals surface area contributed by atoms with Gasteiger partial charge in [-0.15, -0.1) is 0 Å². The first-order valence-corrected chi connectivity index (χ1v) is 13.4. The van der Waals surface area contributed by atoms with Gasteiger partial charge in [-0.25, -0.2) is 0 Å². The highest BCUT2D eigenvalue weighted by molar-refractivity contribution is 6.26. The molecule has 0 bridgehead atoms. The van der Waals surface area contributed by atoms with Gasteiger partial charge in [0.25, 0.3) is 0 Å². The van der Waals surface area contributed by atoms with Gasteiger partial charge in [0.05, 0.1) is 0 Å². The predicted molar refractivity (Wildman–Crippen MR) is 164 cm³/mol. The van der Waals surface area contributed by atoms with E-state index in [2.05, 4.69) is 133 Å². The van der Waals surface area contributed by atoms with Gasteiger partial charge < -0.3 is 4.74 Å². The summed E-state index contributed by atoms with van der Waals surface area (Å²) in [4.78, 5) is 0. The highest BCUT2D eigenvalue weighted by Gasteiger charge is 2.23. The van der Waals surface area contributed by atoms with E-state index in [0.29, 0.717) is 0 Å². The molecule has 0 saturated heterocycles. The molecule has 180 valence electrons. The maximum Gasteiger partial charge on any atom is 0.135 e. The first-order valence-electron chi connectivity index (χ1n) is 13.4. The van der Waals surface area contributed by atoms with Crippen LogP contribution in [0.5, 0.6) is 11.5 Å². The molecule has 0 aliphatic carbocycles. The topological polar surface area (TPSA) is 9.23 Å². The Balaban J connectivity index is 1.31. The Labute approximate surface area is 225 Å². The molecule has 1 heterocycles. The second-order valence-corrected chi connectivity index (χ2v) is 10.5. The fraction of sp³-hybridized carbons (Fsp3) is 0. The number of benzene rings is 8. The van der Waals surface area contributed by atoms with Crippen LogP contribution in [0.1, 0.15) is 0 Å². The normalized spacial score (nSPS) is 12.3. The van der Waals surface area contributed by atoms with Gasteiger partial charge in [-0.3, -0.25) is 0 Å².